The number of hydroxylamine groups is 2. The summed E-state index contributed by atoms with van der Waals surface area (Å²) in [6.07, 6.45) is 2.42. The Morgan fingerprint density at radius 3 is 2.21 bits per heavy atom. The highest BCUT2D eigenvalue weighted by Crippen LogP contribution is 2.44. The fourth-order valence-corrected chi connectivity index (χ4v) is 4.43. The van der Waals surface area contributed by atoms with Gasteiger partial charge in [-0.05, 0) is 70.6 Å². The summed E-state index contributed by atoms with van der Waals surface area (Å²) in [5, 5.41) is 1.08. The number of hydrogen-bond donors (Lipinski definition) is 0. The second-order valence-corrected chi connectivity index (χ2v) is 10.0. The van der Waals surface area contributed by atoms with Crippen molar-refractivity contribution in [2.45, 2.75) is 44.8 Å². The molecule has 34 heavy (non-hydrogen) atoms. The van der Waals surface area contributed by atoms with Crippen LogP contribution in [0, 0.1) is 0 Å². The number of aromatic nitrogens is 1. The number of fused-ring (bicyclic) bond motifs is 3. The van der Waals surface area contributed by atoms with Crippen LogP contribution in [0.3, 0.4) is 0 Å². The maximum atomic E-state index is 13.1. The fraction of sp³-hybridized carbons (Fsp3) is 0.296. The second kappa shape index (κ2) is 10.1. The molecule has 1 atom stereocenters. The van der Waals surface area contributed by atoms with Crippen LogP contribution in [0.25, 0.3) is 11.1 Å². The Morgan fingerprint density at radius 1 is 1.06 bits per heavy atom. The van der Waals surface area contributed by atoms with Crippen molar-refractivity contribution in [1.29, 1.82) is 0 Å². The molecular weight excluding hydrogens is 496 g/mol. The molecule has 0 aliphatic heterocycles. The summed E-state index contributed by atoms with van der Waals surface area (Å²) >= 11 is 3.32. The van der Waals surface area contributed by atoms with Gasteiger partial charge in [-0.2, -0.15) is 0 Å². The van der Waals surface area contributed by atoms with E-state index in [9.17, 15) is 9.59 Å². The summed E-state index contributed by atoms with van der Waals surface area (Å²) in [4.78, 5) is 35.5. The number of pyridine rings is 1. The number of amides is 1. The van der Waals surface area contributed by atoms with Crippen LogP contribution in [0.1, 0.15) is 43.4 Å². The maximum Gasteiger partial charge on any atom is 0.332 e. The molecule has 2 aromatic carbocycles. The molecule has 0 saturated carbocycles. The standard InChI is InChI=1S/C27H27BrN2O4/c1-27(2,3)34-26(32)24(14-18-12-13-25(28)29-15-18)30(17-31)33-16-23-21-10-6-4-8-19(21)20-9-5-7-11-22(20)23/h4-13,15,17,23-24H,14,16H2,1-3H3/t24-/m0/s1. The minimum Gasteiger partial charge on any atom is -0.458 e. The molecule has 0 radical (unpaired) electrons. The third-order valence-corrected chi connectivity index (χ3v) is 6.13. The number of carbonyl (C=O) groups excluding carboxylic acids is 2. The number of ether oxygens (including phenoxy) is 1. The summed E-state index contributed by atoms with van der Waals surface area (Å²) in [6.45, 7) is 5.59. The highest BCUT2D eigenvalue weighted by molar-refractivity contribution is 9.10. The van der Waals surface area contributed by atoms with Crippen LogP contribution in [-0.2, 0) is 25.6 Å². The van der Waals surface area contributed by atoms with Crippen molar-refractivity contribution in [3.05, 3.63) is 88.2 Å². The van der Waals surface area contributed by atoms with Crippen molar-refractivity contribution < 1.29 is 19.2 Å². The van der Waals surface area contributed by atoms with Crippen molar-refractivity contribution in [2.75, 3.05) is 6.61 Å². The molecule has 7 heteroatoms. The Hall–Kier alpha value is -3.03. The topological polar surface area (TPSA) is 68.7 Å². The molecular formula is C27H27BrN2O4. The van der Waals surface area contributed by atoms with E-state index in [1.165, 1.54) is 0 Å². The van der Waals surface area contributed by atoms with Crippen molar-refractivity contribution in [3.63, 3.8) is 0 Å². The quantitative estimate of drug-likeness (QED) is 0.174. The summed E-state index contributed by atoms with van der Waals surface area (Å²) in [5.41, 5.74) is 4.68. The lowest BCUT2D eigenvalue weighted by molar-refractivity contribution is -0.203. The van der Waals surface area contributed by atoms with E-state index in [0.29, 0.717) is 11.0 Å². The summed E-state index contributed by atoms with van der Waals surface area (Å²) < 4.78 is 6.30. The molecule has 1 aliphatic carbocycles. The SMILES string of the molecule is CC(C)(C)OC(=O)[C@H](Cc1ccc(Br)nc1)N(C=O)OCC1c2ccccc2-c2ccccc21. The average Bonchev–Trinajstić information content (AvgIpc) is 3.12. The van der Waals surface area contributed by atoms with E-state index in [0.717, 1.165) is 32.9 Å². The van der Waals surface area contributed by atoms with E-state index in [4.69, 9.17) is 9.57 Å². The third-order valence-electron chi connectivity index (χ3n) is 5.66. The van der Waals surface area contributed by atoms with Crippen molar-refractivity contribution >= 4 is 28.3 Å². The predicted octanol–water partition coefficient (Wildman–Crippen LogP) is 5.30. The molecule has 3 aromatic rings. The summed E-state index contributed by atoms with van der Waals surface area (Å²) in [7, 11) is 0. The van der Waals surface area contributed by atoms with Gasteiger partial charge in [-0.3, -0.25) is 9.63 Å². The largest absolute Gasteiger partial charge is 0.458 e. The number of nitrogens with zero attached hydrogens (tertiary/aromatic N) is 2. The minimum atomic E-state index is -0.952. The van der Waals surface area contributed by atoms with E-state index < -0.39 is 17.6 Å². The van der Waals surface area contributed by atoms with Gasteiger partial charge in [0.05, 0.1) is 6.61 Å². The van der Waals surface area contributed by atoms with Crippen molar-refractivity contribution in [2.24, 2.45) is 0 Å². The minimum absolute atomic E-state index is 0.0523. The van der Waals surface area contributed by atoms with Gasteiger partial charge in [0, 0.05) is 18.5 Å². The Labute approximate surface area is 208 Å². The lowest BCUT2D eigenvalue weighted by atomic mass is 9.98. The Balaban J connectivity index is 1.58. The van der Waals surface area contributed by atoms with Gasteiger partial charge in [0.1, 0.15) is 10.2 Å². The number of benzene rings is 2. The van der Waals surface area contributed by atoms with Gasteiger partial charge >= 0.3 is 5.97 Å². The van der Waals surface area contributed by atoms with Gasteiger partial charge in [0.15, 0.2) is 6.04 Å². The molecule has 6 nitrogen and oxygen atoms in total. The molecule has 1 aromatic heterocycles. The van der Waals surface area contributed by atoms with Gasteiger partial charge < -0.3 is 4.74 Å². The van der Waals surface area contributed by atoms with Gasteiger partial charge in [-0.25, -0.2) is 14.8 Å². The molecule has 0 spiro atoms. The van der Waals surface area contributed by atoms with E-state index in [2.05, 4.69) is 45.2 Å². The van der Waals surface area contributed by atoms with Crippen LogP contribution >= 0.6 is 15.9 Å². The van der Waals surface area contributed by atoms with Gasteiger partial charge in [-0.1, -0.05) is 54.6 Å². The summed E-state index contributed by atoms with van der Waals surface area (Å²) in [5.74, 6) is -0.585. The van der Waals surface area contributed by atoms with E-state index >= 15 is 0 Å². The number of esters is 1. The number of rotatable bonds is 8. The van der Waals surface area contributed by atoms with Crippen molar-refractivity contribution in [1.82, 2.24) is 10.0 Å². The number of halogens is 1. The van der Waals surface area contributed by atoms with Crippen LogP contribution < -0.4 is 0 Å². The lowest BCUT2D eigenvalue weighted by Gasteiger charge is -2.30. The van der Waals surface area contributed by atoms with Crippen LogP contribution in [0.4, 0.5) is 0 Å². The first-order valence-electron chi connectivity index (χ1n) is 11.1. The van der Waals surface area contributed by atoms with Crippen LogP contribution in [0.5, 0.6) is 0 Å². The molecule has 0 saturated heterocycles. The number of carbonyl (C=O) groups is 2. The summed E-state index contributed by atoms with van der Waals surface area (Å²) in [6, 6.07) is 19.1. The zero-order chi connectivity index (χ0) is 24.3. The van der Waals surface area contributed by atoms with Gasteiger partial charge in [0.2, 0.25) is 6.41 Å². The smallest absolute Gasteiger partial charge is 0.332 e. The normalized spacial score (nSPS) is 13.6. The molecule has 0 N–H and O–H groups in total. The Bertz CT molecular complexity index is 1130. The predicted molar refractivity (Wildman–Crippen MR) is 133 cm³/mol. The molecule has 176 valence electrons. The molecule has 4 rings (SSSR count). The zero-order valence-electron chi connectivity index (χ0n) is 19.4. The zero-order valence-corrected chi connectivity index (χ0v) is 21.0. The van der Waals surface area contributed by atoms with E-state index in [-0.39, 0.29) is 18.9 Å². The van der Waals surface area contributed by atoms with Crippen molar-refractivity contribution in [3.8, 4) is 11.1 Å². The molecule has 1 aliphatic rings. The first-order chi connectivity index (χ1) is 16.3. The molecule has 0 unspecified atom stereocenters. The molecule has 0 bridgehead atoms. The van der Waals surface area contributed by atoms with Crippen LogP contribution in [0.15, 0.2) is 71.5 Å². The Kier molecular flexibility index (Phi) is 7.14. The highest BCUT2D eigenvalue weighted by Gasteiger charge is 2.34. The number of hydrogen-bond acceptors (Lipinski definition) is 5. The first kappa shape index (κ1) is 24.1. The van der Waals surface area contributed by atoms with Crippen LogP contribution in [0.2, 0.25) is 0 Å². The Morgan fingerprint density at radius 2 is 1.68 bits per heavy atom. The fourth-order valence-electron chi connectivity index (χ4n) is 4.19. The molecule has 1 amide bonds. The van der Waals surface area contributed by atoms with E-state index in [1.807, 2.05) is 30.3 Å². The van der Waals surface area contributed by atoms with E-state index in [1.54, 1.807) is 33.0 Å². The van der Waals surface area contributed by atoms with Gasteiger partial charge in [-0.15, -0.1) is 0 Å². The highest BCUT2D eigenvalue weighted by atomic mass is 79.9. The average molecular weight is 523 g/mol. The first-order valence-corrected chi connectivity index (χ1v) is 11.9. The van der Waals surface area contributed by atoms with Crippen LogP contribution in [-0.4, -0.2) is 40.7 Å². The van der Waals surface area contributed by atoms with Gasteiger partial charge in [0.25, 0.3) is 0 Å². The lowest BCUT2D eigenvalue weighted by Crippen LogP contribution is -2.45. The third kappa shape index (κ3) is 5.37. The molecule has 1 heterocycles. The molecule has 0 fully saturated rings. The second-order valence-electron chi connectivity index (χ2n) is 9.23. The maximum absolute atomic E-state index is 13.1. The monoisotopic (exact) mass is 522 g/mol.